The molecule has 178 valence electrons. The summed E-state index contributed by atoms with van der Waals surface area (Å²) in [5, 5.41) is 0. The van der Waals surface area contributed by atoms with Gasteiger partial charge in [-0.15, -0.1) is 0 Å². The van der Waals surface area contributed by atoms with Crippen molar-refractivity contribution in [2.45, 2.75) is 58.2 Å². The molecule has 0 fully saturated rings. The molecular weight excluding hydrogens is 412 g/mol. The molecule has 2 aromatic rings. The van der Waals surface area contributed by atoms with Gasteiger partial charge >= 0.3 is 0 Å². The number of ether oxygens (including phenoxy) is 4. The van der Waals surface area contributed by atoms with Crippen molar-refractivity contribution in [2.75, 3.05) is 27.4 Å². The van der Waals surface area contributed by atoms with Crippen LogP contribution in [0.1, 0.15) is 56.1 Å². The van der Waals surface area contributed by atoms with Crippen LogP contribution in [0.15, 0.2) is 71.8 Å². The van der Waals surface area contributed by atoms with Crippen molar-refractivity contribution < 1.29 is 18.9 Å². The van der Waals surface area contributed by atoms with Gasteiger partial charge in [0.2, 0.25) is 0 Å². The Morgan fingerprint density at radius 1 is 0.788 bits per heavy atom. The van der Waals surface area contributed by atoms with Gasteiger partial charge < -0.3 is 18.9 Å². The summed E-state index contributed by atoms with van der Waals surface area (Å²) in [4.78, 5) is 0. The zero-order chi connectivity index (χ0) is 23.1. The minimum Gasteiger partial charge on any atom is -0.497 e. The third-order valence-corrected chi connectivity index (χ3v) is 5.96. The minimum atomic E-state index is 0.628. The van der Waals surface area contributed by atoms with Crippen LogP contribution in [0.5, 0.6) is 11.5 Å². The standard InChI is InChI=1S/C29H38O4/c1-30-28-14-10-26(11-15-28)22-32-19-6-9-25(21-24-7-4-3-5-8-24)18-20-33-23-27-12-16-29(31-2)17-13-27/h7,9-17H,3-6,8,18-23H2,1-2H3/b25-9-. The lowest BCUT2D eigenvalue weighted by Crippen LogP contribution is -2.01. The second kappa shape index (κ2) is 14.6. The first-order chi connectivity index (χ1) is 16.3. The third-order valence-electron chi connectivity index (χ3n) is 5.96. The molecule has 0 radical (unpaired) electrons. The highest BCUT2D eigenvalue weighted by Gasteiger charge is 2.07. The van der Waals surface area contributed by atoms with E-state index in [0.29, 0.717) is 13.2 Å². The second-order valence-corrected chi connectivity index (χ2v) is 8.49. The number of hydrogen-bond acceptors (Lipinski definition) is 4. The second-order valence-electron chi connectivity index (χ2n) is 8.49. The van der Waals surface area contributed by atoms with E-state index in [0.717, 1.165) is 44.0 Å². The number of benzene rings is 2. The van der Waals surface area contributed by atoms with Gasteiger partial charge in [-0.2, -0.15) is 0 Å². The Morgan fingerprint density at radius 2 is 1.39 bits per heavy atom. The van der Waals surface area contributed by atoms with Crippen LogP contribution in [0.3, 0.4) is 0 Å². The molecular formula is C29H38O4. The lowest BCUT2D eigenvalue weighted by molar-refractivity contribution is 0.121. The van der Waals surface area contributed by atoms with E-state index in [-0.39, 0.29) is 0 Å². The summed E-state index contributed by atoms with van der Waals surface area (Å²) in [5.41, 5.74) is 5.38. The van der Waals surface area contributed by atoms with Gasteiger partial charge in [0.1, 0.15) is 11.5 Å². The van der Waals surface area contributed by atoms with Crippen molar-refractivity contribution in [3.63, 3.8) is 0 Å². The van der Waals surface area contributed by atoms with Crippen LogP contribution < -0.4 is 9.47 Å². The monoisotopic (exact) mass is 450 g/mol. The molecule has 1 aliphatic carbocycles. The Kier molecular flexibility index (Phi) is 11.1. The molecule has 0 unspecified atom stereocenters. The maximum absolute atomic E-state index is 5.97. The van der Waals surface area contributed by atoms with E-state index in [2.05, 4.69) is 36.4 Å². The predicted molar refractivity (Wildman–Crippen MR) is 134 cm³/mol. The molecule has 3 rings (SSSR count). The number of rotatable bonds is 14. The zero-order valence-electron chi connectivity index (χ0n) is 20.2. The van der Waals surface area contributed by atoms with Crippen molar-refractivity contribution >= 4 is 0 Å². The maximum atomic E-state index is 5.97. The van der Waals surface area contributed by atoms with Gasteiger partial charge in [0.15, 0.2) is 0 Å². The summed E-state index contributed by atoms with van der Waals surface area (Å²) in [6, 6.07) is 16.1. The van der Waals surface area contributed by atoms with Crippen molar-refractivity contribution in [2.24, 2.45) is 0 Å². The molecule has 0 amide bonds. The summed E-state index contributed by atoms with van der Waals surface area (Å²) in [7, 11) is 3.37. The van der Waals surface area contributed by atoms with E-state index in [4.69, 9.17) is 18.9 Å². The normalized spacial score (nSPS) is 14.1. The first-order valence-corrected chi connectivity index (χ1v) is 12.0. The van der Waals surface area contributed by atoms with Gasteiger partial charge in [0.25, 0.3) is 0 Å². The van der Waals surface area contributed by atoms with E-state index < -0.39 is 0 Å². The fourth-order valence-corrected chi connectivity index (χ4v) is 3.99. The topological polar surface area (TPSA) is 36.9 Å². The van der Waals surface area contributed by atoms with E-state index in [9.17, 15) is 0 Å². The maximum Gasteiger partial charge on any atom is 0.118 e. The highest BCUT2D eigenvalue weighted by molar-refractivity contribution is 5.27. The highest BCUT2D eigenvalue weighted by Crippen LogP contribution is 2.25. The van der Waals surface area contributed by atoms with Crippen LogP contribution in [-0.2, 0) is 22.7 Å². The fourth-order valence-electron chi connectivity index (χ4n) is 3.99. The largest absolute Gasteiger partial charge is 0.497 e. The van der Waals surface area contributed by atoms with E-state index in [1.807, 2.05) is 24.3 Å². The Hall–Kier alpha value is -2.56. The molecule has 33 heavy (non-hydrogen) atoms. The Morgan fingerprint density at radius 3 is 1.94 bits per heavy atom. The highest BCUT2D eigenvalue weighted by atomic mass is 16.5. The molecule has 0 atom stereocenters. The quantitative estimate of drug-likeness (QED) is 0.229. The Labute approximate surface area is 199 Å². The van der Waals surface area contributed by atoms with Crippen molar-refractivity contribution in [1.29, 1.82) is 0 Å². The summed E-state index contributed by atoms with van der Waals surface area (Å²) < 4.78 is 22.3. The number of hydrogen-bond donors (Lipinski definition) is 0. The number of methoxy groups -OCH3 is 2. The molecule has 2 aromatic carbocycles. The summed E-state index contributed by atoms with van der Waals surface area (Å²) in [5.74, 6) is 1.75. The fraction of sp³-hybridized carbons (Fsp3) is 0.448. The molecule has 0 spiro atoms. The Bertz CT molecular complexity index is 865. The van der Waals surface area contributed by atoms with Crippen LogP contribution >= 0.6 is 0 Å². The smallest absolute Gasteiger partial charge is 0.118 e. The first kappa shape index (κ1) is 25.1. The molecule has 0 heterocycles. The third kappa shape index (κ3) is 9.45. The average Bonchev–Trinajstić information content (AvgIpc) is 2.87. The molecule has 0 bridgehead atoms. The summed E-state index contributed by atoms with van der Waals surface area (Å²) in [6.45, 7) is 2.72. The van der Waals surface area contributed by atoms with E-state index >= 15 is 0 Å². The van der Waals surface area contributed by atoms with Gasteiger partial charge in [-0.05, 0) is 80.3 Å². The van der Waals surface area contributed by atoms with Crippen molar-refractivity contribution in [1.82, 2.24) is 0 Å². The lowest BCUT2D eigenvalue weighted by Gasteiger charge is -2.15. The van der Waals surface area contributed by atoms with Crippen LogP contribution in [0.25, 0.3) is 0 Å². The minimum absolute atomic E-state index is 0.628. The molecule has 0 saturated carbocycles. The molecule has 0 N–H and O–H groups in total. The van der Waals surface area contributed by atoms with Crippen LogP contribution in [-0.4, -0.2) is 27.4 Å². The zero-order valence-corrected chi connectivity index (χ0v) is 20.2. The van der Waals surface area contributed by atoms with E-state index in [1.54, 1.807) is 19.8 Å². The van der Waals surface area contributed by atoms with E-state index in [1.165, 1.54) is 42.4 Å². The van der Waals surface area contributed by atoms with Crippen LogP contribution in [0.2, 0.25) is 0 Å². The van der Waals surface area contributed by atoms with Gasteiger partial charge in [0, 0.05) is 0 Å². The average molecular weight is 451 g/mol. The molecule has 0 saturated heterocycles. The van der Waals surface area contributed by atoms with Crippen molar-refractivity contribution in [3.8, 4) is 11.5 Å². The van der Waals surface area contributed by atoms with Gasteiger partial charge in [0.05, 0.1) is 40.6 Å². The SMILES string of the molecule is COc1ccc(COCC/C=C(/CCOCc2ccc(OC)cc2)CC2=CCCCC2)cc1. The Balaban J connectivity index is 1.43. The van der Waals surface area contributed by atoms with Gasteiger partial charge in [-0.25, -0.2) is 0 Å². The summed E-state index contributed by atoms with van der Waals surface area (Å²) >= 11 is 0. The summed E-state index contributed by atoms with van der Waals surface area (Å²) in [6.07, 6.45) is 12.9. The molecule has 4 nitrogen and oxygen atoms in total. The molecule has 1 aliphatic rings. The van der Waals surface area contributed by atoms with Crippen LogP contribution in [0, 0.1) is 0 Å². The molecule has 0 aliphatic heterocycles. The van der Waals surface area contributed by atoms with Gasteiger partial charge in [-0.1, -0.05) is 47.6 Å². The van der Waals surface area contributed by atoms with Gasteiger partial charge in [-0.3, -0.25) is 0 Å². The lowest BCUT2D eigenvalue weighted by atomic mass is 9.92. The molecule has 4 heteroatoms. The molecule has 0 aromatic heterocycles. The van der Waals surface area contributed by atoms with Crippen molar-refractivity contribution in [3.05, 3.63) is 83.0 Å². The predicted octanol–water partition coefficient (Wildman–Crippen LogP) is 7.03. The number of allylic oxidation sites excluding steroid dienone is 2. The first-order valence-electron chi connectivity index (χ1n) is 12.0. The van der Waals surface area contributed by atoms with Crippen LogP contribution in [0.4, 0.5) is 0 Å².